The SMILES string of the molecule is CN(CCC1CCc2nc(N)nc(N)c21)c1ccc(C(=O)O)cc1. The third-order valence-corrected chi connectivity index (χ3v) is 4.58. The van der Waals surface area contributed by atoms with Crippen LogP contribution in [0.4, 0.5) is 17.5 Å². The first-order valence-corrected chi connectivity index (χ1v) is 7.92. The summed E-state index contributed by atoms with van der Waals surface area (Å²) in [5.74, 6) is 0.152. The molecule has 1 aromatic carbocycles. The average Bonchev–Trinajstić information content (AvgIpc) is 2.95. The van der Waals surface area contributed by atoms with Crippen molar-refractivity contribution < 1.29 is 9.90 Å². The minimum Gasteiger partial charge on any atom is -0.478 e. The molecule has 7 nitrogen and oxygen atoms in total. The molecule has 2 aromatic rings. The van der Waals surface area contributed by atoms with E-state index in [1.807, 2.05) is 19.2 Å². The first kappa shape index (κ1) is 16.0. The molecule has 0 amide bonds. The number of aromatic carboxylic acids is 1. The minimum absolute atomic E-state index is 0.238. The van der Waals surface area contributed by atoms with Gasteiger partial charge in [0.1, 0.15) is 5.82 Å². The Kier molecular flexibility index (Phi) is 4.24. The molecule has 0 fully saturated rings. The second-order valence-corrected chi connectivity index (χ2v) is 6.13. The number of hydrogen-bond donors (Lipinski definition) is 3. The van der Waals surface area contributed by atoms with Gasteiger partial charge in [-0.15, -0.1) is 0 Å². The van der Waals surface area contributed by atoms with Crippen LogP contribution in [0.5, 0.6) is 0 Å². The lowest BCUT2D eigenvalue weighted by Crippen LogP contribution is -2.20. The predicted molar refractivity (Wildman–Crippen MR) is 93.2 cm³/mol. The minimum atomic E-state index is -0.915. The summed E-state index contributed by atoms with van der Waals surface area (Å²) in [6.07, 6.45) is 2.82. The highest BCUT2D eigenvalue weighted by Crippen LogP contribution is 2.38. The Labute approximate surface area is 140 Å². The summed E-state index contributed by atoms with van der Waals surface area (Å²) in [6.45, 7) is 0.834. The van der Waals surface area contributed by atoms with Gasteiger partial charge in [-0.2, -0.15) is 4.98 Å². The molecule has 5 N–H and O–H groups in total. The molecule has 24 heavy (non-hydrogen) atoms. The van der Waals surface area contributed by atoms with Crippen LogP contribution in [0.15, 0.2) is 24.3 Å². The maximum absolute atomic E-state index is 10.9. The van der Waals surface area contributed by atoms with E-state index in [9.17, 15) is 4.79 Å². The number of aromatic nitrogens is 2. The molecule has 0 radical (unpaired) electrons. The summed E-state index contributed by atoms with van der Waals surface area (Å²) < 4.78 is 0. The van der Waals surface area contributed by atoms with E-state index in [4.69, 9.17) is 16.6 Å². The smallest absolute Gasteiger partial charge is 0.335 e. The Bertz CT molecular complexity index is 760. The summed E-state index contributed by atoms with van der Waals surface area (Å²) >= 11 is 0. The highest BCUT2D eigenvalue weighted by Gasteiger charge is 2.27. The van der Waals surface area contributed by atoms with Crippen LogP contribution in [0.1, 0.15) is 40.4 Å². The Hall–Kier alpha value is -2.83. The molecule has 1 aromatic heterocycles. The van der Waals surface area contributed by atoms with Crippen LogP contribution in [0, 0.1) is 0 Å². The molecule has 1 atom stereocenters. The van der Waals surface area contributed by atoms with Gasteiger partial charge in [0.2, 0.25) is 5.95 Å². The number of nitrogens with zero attached hydrogens (tertiary/aromatic N) is 3. The molecule has 126 valence electrons. The van der Waals surface area contributed by atoms with Crippen LogP contribution >= 0.6 is 0 Å². The van der Waals surface area contributed by atoms with E-state index in [-0.39, 0.29) is 5.95 Å². The normalized spacial score (nSPS) is 16.0. The topological polar surface area (TPSA) is 118 Å². The fraction of sp³-hybridized carbons (Fsp3) is 0.353. The lowest BCUT2D eigenvalue weighted by molar-refractivity contribution is 0.0697. The molecule has 1 heterocycles. The molecule has 0 saturated heterocycles. The van der Waals surface area contributed by atoms with Gasteiger partial charge in [-0.05, 0) is 49.4 Å². The van der Waals surface area contributed by atoms with E-state index < -0.39 is 5.97 Å². The second-order valence-electron chi connectivity index (χ2n) is 6.13. The maximum atomic E-state index is 10.9. The van der Waals surface area contributed by atoms with Crippen molar-refractivity contribution in [1.82, 2.24) is 9.97 Å². The lowest BCUT2D eigenvalue weighted by atomic mass is 9.99. The Morgan fingerprint density at radius 2 is 2.00 bits per heavy atom. The standard InChI is InChI=1S/C17H21N5O2/c1-22(12-5-2-11(3-6-12)16(23)24)9-8-10-4-7-13-14(10)15(18)21-17(19)20-13/h2-3,5-6,10H,4,7-9H2,1H3,(H,23,24)(H4,18,19,20,21). The Balaban J connectivity index is 1.66. The molecule has 1 aliphatic rings. The molecule has 3 rings (SSSR count). The van der Waals surface area contributed by atoms with Crippen molar-refractivity contribution in [3.05, 3.63) is 41.1 Å². The summed E-state index contributed by atoms with van der Waals surface area (Å²) in [5, 5.41) is 8.95. The van der Waals surface area contributed by atoms with Crippen LogP contribution in [0.25, 0.3) is 0 Å². The number of nitrogen functional groups attached to an aromatic ring is 2. The van der Waals surface area contributed by atoms with Gasteiger partial charge in [-0.3, -0.25) is 0 Å². The van der Waals surface area contributed by atoms with Gasteiger partial charge in [-0.1, -0.05) is 0 Å². The number of hydrogen-bond acceptors (Lipinski definition) is 6. The fourth-order valence-electron chi connectivity index (χ4n) is 3.27. The van der Waals surface area contributed by atoms with Crippen LogP contribution in [-0.2, 0) is 6.42 Å². The molecule has 0 bridgehead atoms. The summed E-state index contributed by atoms with van der Waals surface area (Å²) in [7, 11) is 1.99. The quantitative estimate of drug-likeness (QED) is 0.767. The number of carboxylic acids is 1. The number of benzene rings is 1. The zero-order valence-electron chi connectivity index (χ0n) is 13.6. The number of fused-ring (bicyclic) bond motifs is 1. The molecule has 0 aliphatic heterocycles. The largest absolute Gasteiger partial charge is 0.478 e. The van der Waals surface area contributed by atoms with E-state index in [0.29, 0.717) is 17.3 Å². The van der Waals surface area contributed by atoms with Crippen molar-refractivity contribution >= 4 is 23.4 Å². The van der Waals surface area contributed by atoms with Gasteiger partial charge >= 0.3 is 5.97 Å². The summed E-state index contributed by atoms with van der Waals surface area (Å²) in [5.41, 5.74) is 15.0. The van der Waals surface area contributed by atoms with E-state index in [1.54, 1.807) is 12.1 Å². The van der Waals surface area contributed by atoms with Crippen LogP contribution in [0.2, 0.25) is 0 Å². The van der Waals surface area contributed by atoms with E-state index in [0.717, 1.165) is 42.8 Å². The number of carboxylic acid groups (broad SMARTS) is 1. The zero-order valence-corrected chi connectivity index (χ0v) is 13.6. The summed E-state index contributed by atoms with van der Waals surface area (Å²) in [4.78, 5) is 21.4. The molecular weight excluding hydrogens is 306 g/mol. The van der Waals surface area contributed by atoms with Gasteiger partial charge in [-0.25, -0.2) is 9.78 Å². The number of anilines is 3. The van der Waals surface area contributed by atoms with Gasteiger partial charge in [0.25, 0.3) is 0 Å². The Morgan fingerprint density at radius 1 is 1.29 bits per heavy atom. The number of rotatable bonds is 5. The third kappa shape index (κ3) is 3.10. The first-order valence-electron chi connectivity index (χ1n) is 7.92. The van der Waals surface area contributed by atoms with Crippen molar-refractivity contribution in [2.45, 2.75) is 25.2 Å². The first-order chi connectivity index (χ1) is 11.5. The van der Waals surface area contributed by atoms with E-state index >= 15 is 0 Å². The van der Waals surface area contributed by atoms with Crippen molar-refractivity contribution in [1.29, 1.82) is 0 Å². The highest BCUT2D eigenvalue weighted by atomic mass is 16.4. The monoisotopic (exact) mass is 327 g/mol. The summed E-state index contributed by atoms with van der Waals surface area (Å²) in [6, 6.07) is 6.88. The van der Waals surface area contributed by atoms with Gasteiger partial charge in [0.05, 0.1) is 11.3 Å². The molecule has 1 unspecified atom stereocenters. The van der Waals surface area contributed by atoms with Crippen LogP contribution in [0.3, 0.4) is 0 Å². The van der Waals surface area contributed by atoms with E-state index in [2.05, 4.69) is 14.9 Å². The van der Waals surface area contributed by atoms with Gasteiger partial charge in [0, 0.05) is 24.8 Å². The van der Waals surface area contributed by atoms with Crippen LogP contribution in [-0.4, -0.2) is 34.6 Å². The van der Waals surface area contributed by atoms with Gasteiger partial charge < -0.3 is 21.5 Å². The molecular formula is C17H21N5O2. The van der Waals surface area contributed by atoms with Crippen molar-refractivity contribution in [3.63, 3.8) is 0 Å². The molecule has 1 aliphatic carbocycles. The number of nitrogens with two attached hydrogens (primary N) is 2. The molecule has 0 spiro atoms. The van der Waals surface area contributed by atoms with E-state index in [1.165, 1.54) is 0 Å². The number of aryl methyl sites for hydroxylation is 1. The highest BCUT2D eigenvalue weighted by molar-refractivity contribution is 5.88. The molecule has 0 saturated carbocycles. The maximum Gasteiger partial charge on any atom is 0.335 e. The second kappa shape index (κ2) is 6.35. The fourth-order valence-corrected chi connectivity index (χ4v) is 3.27. The third-order valence-electron chi connectivity index (χ3n) is 4.58. The predicted octanol–water partition coefficient (Wildman–Crippen LogP) is 1.90. The molecule has 7 heteroatoms. The average molecular weight is 327 g/mol. The lowest BCUT2D eigenvalue weighted by Gasteiger charge is -2.22. The zero-order chi connectivity index (χ0) is 17.3. The van der Waals surface area contributed by atoms with Crippen molar-refractivity contribution in [2.24, 2.45) is 0 Å². The Morgan fingerprint density at radius 3 is 2.67 bits per heavy atom. The van der Waals surface area contributed by atoms with Crippen molar-refractivity contribution in [3.8, 4) is 0 Å². The van der Waals surface area contributed by atoms with Crippen molar-refractivity contribution in [2.75, 3.05) is 30.0 Å². The van der Waals surface area contributed by atoms with Gasteiger partial charge in [0.15, 0.2) is 0 Å². The number of carbonyl (C=O) groups is 1. The van der Waals surface area contributed by atoms with Crippen LogP contribution < -0.4 is 16.4 Å².